The van der Waals surface area contributed by atoms with Crippen LogP contribution in [0.1, 0.15) is 5.01 Å². The van der Waals surface area contributed by atoms with E-state index in [-0.39, 0.29) is 13.2 Å². The molecule has 24 heavy (non-hydrogen) atoms. The Balaban J connectivity index is 1.46. The number of fused-ring (bicyclic) bond motifs is 1. The largest absolute Gasteiger partial charge is 0.488 e. The smallest absolute Gasteiger partial charge is 0.330 e. The number of thiazole rings is 1. The maximum Gasteiger partial charge on any atom is 0.330 e. The van der Waals surface area contributed by atoms with Crippen LogP contribution >= 0.6 is 22.9 Å². The highest BCUT2D eigenvalue weighted by molar-refractivity contribution is 7.19. The molecule has 2 aromatic carbocycles. The van der Waals surface area contributed by atoms with Crippen molar-refractivity contribution in [1.29, 1.82) is 0 Å². The second-order valence-electron chi connectivity index (χ2n) is 4.80. The number of benzene rings is 2. The van der Waals surface area contributed by atoms with Crippen LogP contribution in [0.2, 0.25) is 5.02 Å². The van der Waals surface area contributed by atoms with Gasteiger partial charge in [0.05, 0.1) is 15.2 Å². The number of esters is 1. The van der Waals surface area contributed by atoms with Crippen LogP contribution in [0, 0.1) is 0 Å². The van der Waals surface area contributed by atoms with Gasteiger partial charge in [0, 0.05) is 6.08 Å². The lowest BCUT2D eigenvalue weighted by atomic mass is 10.3. The Morgan fingerprint density at radius 2 is 1.92 bits per heavy atom. The van der Waals surface area contributed by atoms with Crippen molar-refractivity contribution in [1.82, 2.24) is 4.98 Å². The van der Waals surface area contributed by atoms with Gasteiger partial charge in [0.1, 0.15) is 24.0 Å². The van der Waals surface area contributed by atoms with Gasteiger partial charge < -0.3 is 9.47 Å². The molecule has 122 valence electrons. The molecule has 0 atom stereocenters. The molecule has 4 nitrogen and oxygen atoms in total. The van der Waals surface area contributed by atoms with Gasteiger partial charge in [-0.3, -0.25) is 0 Å². The topological polar surface area (TPSA) is 48.4 Å². The molecule has 0 radical (unpaired) electrons. The van der Waals surface area contributed by atoms with Crippen molar-refractivity contribution in [3.05, 3.63) is 64.6 Å². The van der Waals surface area contributed by atoms with Gasteiger partial charge in [-0.05, 0) is 30.3 Å². The molecule has 6 heteroatoms. The molecular formula is C18H14ClNO3S. The number of hydrogen-bond acceptors (Lipinski definition) is 5. The van der Waals surface area contributed by atoms with Crippen molar-refractivity contribution in [2.24, 2.45) is 0 Å². The molecule has 1 heterocycles. The molecule has 3 rings (SSSR count). The van der Waals surface area contributed by atoms with Gasteiger partial charge in [0.2, 0.25) is 0 Å². The minimum absolute atomic E-state index is 0.147. The Kier molecular flexibility index (Phi) is 5.46. The van der Waals surface area contributed by atoms with Gasteiger partial charge in [0.15, 0.2) is 0 Å². The predicted molar refractivity (Wildman–Crippen MR) is 96.6 cm³/mol. The molecular weight excluding hydrogens is 346 g/mol. The van der Waals surface area contributed by atoms with E-state index in [1.54, 1.807) is 18.2 Å². The number of ether oxygens (including phenoxy) is 2. The zero-order valence-corrected chi connectivity index (χ0v) is 14.2. The summed E-state index contributed by atoms with van der Waals surface area (Å²) in [5.74, 6) is 0.136. The van der Waals surface area contributed by atoms with Crippen LogP contribution in [0.25, 0.3) is 16.3 Å². The van der Waals surface area contributed by atoms with Gasteiger partial charge in [0.25, 0.3) is 0 Å². The third kappa shape index (κ3) is 4.34. The summed E-state index contributed by atoms with van der Waals surface area (Å²) in [6.07, 6.45) is 3.02. The predicted octanol–water partition coefficient (Wildman–Crippen LogP) is 4.59. The first kappa shape index (κ1) is 16.5. The van der Waals surface area contributed by atoms with Gasteiger partial charge in [-0.15, -0.1) is 11.3 Å². The highest BCUT2D eigenvalue weighted by atomic mass is 35.5. The van der Waals surface area contributed by atoms with E-state index in [4.69, 9.17) is 21.1 Å². The summed E-state index contributed by atoms with van der Waals surface area (Å²) in [6, 6.07) is 15.0. The van der Waals surface area contributed by atoms with Crippen LogP contribution in [-0.4, -0.2) is 24.2 Å². The van der Waals surface area contributed by atoms with Crippen LogP contribution in [0.3, 0.4) is 0 Å². The van der Waals surface area contributed by atoms with Crippen molar-refractivity contribution in [3.8, 4) is 5.75 Å². The first-order valence-corrected chi connectivity index (χ1v) is 8.49. The van der Waals surface area contributed by atoms with E-state index in [1.165, 1.54) is 17.4 Å². The molecule has 0 saturated carbocycles. The van der Waals surface area contributed by atoms with Crippen LogP contribution in [-0.2, 0) is 9.53 Å². The third-order valence-electron chi connectivity index (χ3n) is 3.09. The fourth-order valence-electron chi connectivity index (χ4n) is 2.00. The number of para-hydroxylation sites is 2. The summed E-state index contributed by atoms with van der Waals surface area (Å²) in [6.45, 7) is 0.388. The minimum Gasteiger partial charge on any atom is -0.488 e. The molecule has 0 saturated heterocycles. The normalized spacial score (nSPS) is 11.0. The number of carbonyl (C=O) groups excluding carboxylic acids is 1. The van der Waals surface area contributed by atoms with Crippen molar-refractivity contribution in [3.63, 3.8) is 0 Å². The van der Waals surface area contributed by atoms with E-state index in [9.17, 15) is 4.79 Å². The van der Waals surface area contributed by atoms with Gasteiger partial charge in [-0.1, -0.05) is 35.9 Å². The first-order chi connectivity index (χ1) is 11.7. The van der Waals surface area contributed by atoms with Gasteiger partial charge >= 0.3 is 5.97 Å². The maximum absolute atomic E-state index is 11.7. The Hall–Kier alpha value is -2.37. The Morgan fingerprint density at radius 3 is 2.75 bits per heavy atom. The molecule has 0 aliphatic carbocycles. The quantitative estimate of drug-likeness (QED) is 0.367. The summed E-state index contributed by atoms with van der Waals surface area (Å²) in [7, 11) is 0. The molecule has 0 N–H and O–H groups in total. The molecule has 0 aliphatic heterocycles. The zero-order chi connectivity index (χ0) is 16.8. The van der Waals surface area contributed by atoms with Crippen molar-refractivity contribution in [2.45, 2.75) is 0 Å². The lowest BCUT2D eigenvalue weighted by Gasteiger charge is -2.07. The fraction of sp³-hybridized carbons (Fsp3) is 0.111. The van der Waals surface area contributed by atoms with E-state index in [0.717, 1.165) is 15.2 Å². The summed E-state index contributed by atoms with van der Waals surface area (Å²) in [4.78, 5) is 16.1. The van der Waals surface area contributed by atoms with E-state index < -0.39 is 5.97 Å². The number of halogens is 1. The van der Waals surface area contributed by atoms with Crippen LogP contribution < -0.4 is 4.74 Å². The zero-order valence-electron chi connectivity index (χ0n) is 12.6. The Bertz CT molecular complexity index is 842. The summed E-state index contributed by atoms with van der Waals surface area (Å²) >= 11 is 7.49. The van der Waals surface area contributed by atoms with Crippen LogP contribution in [0.4, 0.5) is 0 Å². The molecule has 1 aromatic heterocycles. The van der Waals surface area contributed by atoms with E-state index in [1.807, 2.05) is 36.4 Å². The average Bonchev–Trinajstić information content (AvgIpc) is 3.01. The number of nitrogens with zero attached hydrogens (tertiary/aromatic N) is 1. The maximum atomic E-state index is 11.7. The average molecular weight is 360 g/mol. The molecule has 0 bridgehead atoms. The minimum atomic E-state index is -0.433. The van der Waals surface area contributed by atoms with Crippen molar-refractivity contribution >= 4 is 45.2 Å². The lowest BCUT2D eigenvalue weighted by Crippen LogP contribution is -2.10. The second-order valence-corrected chi connectivity index (χ2v) is 6.27. The molecule has 3 aromatic rings. The Morgan fingerprint density at radius 1 is 1.12 bits per heavy atom. The van der Waals surface area contributed by atoms with E-state index in [0.29, 0.717) is 10.8 Å². The highest BCUT2D eigenvalue weighted by Crippen LogP contribution is 2.23. The van der Waals surface area contributed by atoms with E-state index in [2.05, 4.69) is 4.98 Å². The first-order valence-electron chi connectivity index (χ1n) is 7.30. The molecule has 0 aliphatic rings. The summed E-state index contributed by atoms with van der Waals surface area (Å²) in [5.41, 5.74) is 0.920. The number of rotatable bonds is 6. The van der Waals surface area contributed by atoms with Crippen LogP contribution in [0.5, 0.6) is 5.75 Å². The summed E-state index contributed by atoms with van der Waals surface area (Å²) in [5, 5.41) is 1.29. The number of hydrogen-bond donors (Lipinski definition) is 0. The molecule has 0 amide bonds. The highest BCUT2D eigenvalue weighted by Gasteiger charge is 2.03. The lowest BCUT2D eigenvalue weighted by molar-refractivity contribution is -0.138. The Labute approximate surface area is 148 Å². The molecule has 0 spiro atoms. The third-order valence-corrected chi connectivity index (χ3v) is 4.41. The molecule has 0 fully saturated rings. The monoisotopic (exact) mass is 359 g/mol. The standard InChI is InChI=1S/C18H14ClNO3S/c19-13-5-1-3-7-15(13)22-11-12-23-18(21)10-9-17-20-14-6-2-4-8-16(14)24-17/h1-10H,11-12H2/b10-9+. The number of aromatic nitrogens is 1. The molecule has 0 unspecified atom stereocenters. The van der Waals surface area contributed by atoms with Crippen LogP contribution in [0.15, 0.2) is 54.6 Å². The SMILES string of the molecule is O=C(/C=C/c1nc2ccccc2s1)OCCOc1ccccc1Cl. The fourth-order valence-corrected chi connectivity index (χ4v) is 3.06. The second kappa shape index (κ2) is 7.95. The summed E-state index contributed by atoms with van der Waals surface area (Å²) < 4.78 is 11.6. The van der Waals surface area contributed by atoms with Gasteiger partial charge in [-0.2, -0.15) is 0 Å². The van der Waals surface area contributed by atoms with Crippen molar-refractivity contribution in [2.75, 3.05) is 13.2 Å². The van der Waals surface area contributed by atoms with Crippen molar-refractivity contribution < 1.29 is 14.3 Å². The van der Waals surface area contributed by atoms with Gasteiger partial charge in [-0.25, -0.2) is 9.78 Å². The van der Waals surface area contributed by atoms with E-state index >= 15 is 0 Å². The number of carbonyl (C=O) groups is 1.